The molecule has 1 aromatic rings. The van der Waals surface area contributed by atoms with Crippen LogP contribution in [0.15, 0.2) is 43.0 Å². The summed E-state index contributed by atoms with van der Waals surface area (Å²) < 4.78 is 10.1. The zero-order valence-corrected chi connectivity index (χ0v) is 10.2. The van der Waals surface area contributed by atoms with Gasteiger partial charge in [-0.2, -0.15) is 0 Å². The molecular weight excluding hydrogens is 248 g/mol. The molecule has 0 spiro atoms. The third-order valence-electron chi connectivity index (χ3n) is 2.06. The molecule has 0 atom stereocenters. The van der Waals surface area contributed by atoms with Gasteiger partial charge < -0.3 is 14.6 Å². The average Bonchev–Trinajstić information content (AvgIpc) is 2.42. The summed E-state index contributed by atoms with van der Waals surface area (Å²) in [4.78, 5) is 21.1. The third-order valence-corrected chi connectivity index (χ3v) is 2.06. The third kappa shape index (κ3) is 6.07. The van der Waals surface area contributed by atoms with Crippen LogP contribution in [0.1, 0.15) is 5.56 Å². The van der Waals surface area contributed by atoms with E-state index in [4.69, 9.17) is 14.6 Å². The van der Waals surface area contributed by atoms with E-state index in [-0.39, 0.29) is 13.2 Å². The van der Waals surface area contributed by atoms with E-state index in [1.807, 2.05) is 0 Å². The van der Waals surface area contributed by atoms with Crippen molar-refractivity contribution >= 4 is 18.0 Å². The maximum Gasteiger partial charge on any atom is 0.330 e. The lowest BCUT2D eigenvalue weighted by Gasteiger charge is -2.06. The molecule has 0 unspecified atom stereocenters. The minimum atomic E-state index is -0.996. The zero-order valence-electron chi connectivity index (χ0n) is 10.2. The first kappa shape index (κ1) is 14.5. The Labute approximate surface area is 110 Å². The summed E-state index contributed by atoms with van der Waals surface area (Å²) >= 11 is 0. The van der Waals surface area contributed by atoms with E-state index in [1.165, 1.54) is 6.08 Å². The van der Waals surface area contributed by atoms with Crippen molar-refractivity contribution in [1.29, 1.82) is 0 Å². The van der Waals surface area contributed by atoms with Crippen molar-refractivity contribution in [3.05, 3.63) is 48.6 Å². The van der Waals surface area contributed by atoms with E-state index in [0.717, 1.165) is 17.7 Å². The highest BCUT2D eigenvalue weighted by molar-refractivity contribution is 5.85. The number of benzene rings is 1. The van der Waals surface area contributed by atoms with Crippen molar-refractivity contribution in [2.75, 3.05) is 13.2 Å². The van der Waals surface area contributed by atoms with E-state index in [2.05, 4.69) is 6.58 Å². The maximum atomic E-state index is 10.7. The molecule has 0 aliphatic rings. The van der Waals surface area contributed by atoms with Crippen LogP contribution in [0.4, 0.5) is 0 Å². The largest absolute Gasteiger partial charge is 0.490 e. The number of carboxylic acids is 1. The van der Waals surface area contributed by atoms with Gasteiger partial charge in [-0.05, 0) is 23.8 Å². The van der Waals surface area contributed by atoms with Gasteiger partial charge in [0.15, 0.2) is 0 Å². The fraction of sp³-hybridized carbons (Fsp3) is 0.143. The molecule has 0 aromatic heterocycles. The van der Waals surface area contributed by atoms with Gasteiger partial charge in [0.2, 0.25) is 0 Å². The van der Waals surface area contributed by atoms with Crippen LogP contribution in [-0.4, -0.2) is 30.3 Å². The van der Waals surface area contributed by atoms with Crippen LogP contribution in [0.2, 0.25) is 0 Å². The Balaban J connectivity index is 2.38. The number of ether oxygens (including phenoxy) is 2. The molecule has 100 valence electrons. The van der Waals surface area contributed by atoms with E-state index in [0.29, 0.717) is 5.75 Å². The predicted molar refractivity (Wildman–Crippen MR) is 69.8 cm³/mol. The molecule has 1 N–H and O–H groups in total. The summed E-state index contributed by atoms with van der Waals surface area (Å²) in [6.07, 6.45) is 3.63. The van der Waals surface area contributed by atoms with Crippen molar-refractivity contribution in [3.8, 4) is 5.75 Å². The monoisotopic (exact) mass is 262 g/mol. The number of esters is 1. The van der Waals surface area contributed by atoms with Crippen LogP contribution >= 0.6 is 0 Å². The average molecular weight is 262 g/mol. The standard InChI is InChI=1S/C14H14O5/c1-2-14(17)19-10-9-18-12-6-3-11(4-7-12)5-8-13(15)16/h2-8H,1,9-10H2,(H,15,16)/b8-5+. The number of aliphatic carboxylic acids is 1. The first-order valence-corrected chi connectivity index (χ1v) is 5.55. The van der Waals surface area contributed by atoms with E-state index < -0.39 is 11.9 Å². The van der Waals surface area contributed by atoms with Crippen LogP contribution in [0.3, 0.4) is 0 Å². The van der Waals surface area contributed by atoms with Gasteiger partial charge in [-0.25, -0.2) is 9.59 Å². The fourth-order valence-corrected chi connectivity index (χ4v) is 1.20. The minimum Gasteiger partial charge on any atom is -0.490 e. The van der Waals surface area contributed by atoms with E-state index in [9.17, 15) is 9.59 Å². The second kappa shape index (κ2) is 7.71. The lowest BCUT2D eigenvalue weighted by atomic mass is 10.2. The summed E-state index contributed by atoms with van der Waals surface area (Å²) in [6.45, 7) is 3.66. The summed E-state index contributed by atoms with van der Waals surface area (Å²) in [6, 6.07) is 6.86. The second-order valence-corrected chi connectivity index (χ2v) is 3.46. The minimum absolute atomic E-state index is 0.144. The molecule has 0 aliphatic carbocycles. The molecule has 1 rings (SSSR count). The number of hydrogen-bond acceptors (Lipinski definition) is 4. The summed E-state index contributed by atoms with van der Waals surface area (Å²) in [5.41, 5.74) is 0.757. The molecular formula is C14H14O5. The van der Waals surface area contributed by atoms with Crippen molar-refractivity contribution in [3.63, 3.8) is 0 Å². The Morgan fingerprint density at radius 1 is 1.21 bits per heavy atom. The van der Waals surface area contributed by atoms with Gasteiger partial charge in [0.1, 0.15) is 19.0 Å². The number of rotatable bonds is 7. The van der Waals surface area contributed by atoms with Crippen LogP contribution in [0, 0.1) is 0 Å². The number of carbonyl (C=O) groups excluding carboxylic acids is 1. The normalized spacial score (nSPS) is 10.1. The highest BCUT2D eigenvalue weighted by Gasteiger charge is 1.97. The summed E-state index contributed by atoms with van der Waals surface area (Å²) in [7, 11) is 0. The molecule has 0 saturated heterocycles. The van der Waals surface area contributed by atoms with Gasteiger partial charge in [-0.15, -0.1) is 0 Å². The van der Waals surface area contributed by atoms with E-state index in [1.54, 1.807) is 24.3 Å². The van der Waals surface area contributed by atoms with Crippen molar-refractivity contribution in [2.24, 2.45) is 0 Å². The van der Waals surface area contributed by atoms with Gasteiger partial charge >= 0.3 is 11.9 Å². The Kier molecular flexibility index (Phi) is 5.88. The number of hydrogen-bond donors (Lipinski definition) is 1. The molecule has 0 amide bonds. The van der Waals surface area contributed by atoms with E-state index >= 15 is 0 Å². The van der Waals surface area contributed by atoms with Crippen LogP contribution in [0.25, 0.3) is 6.08 Å². The van der Waals surface area contributed by atoms with Gasteiger partial charge in [-0.3, -0.25) is 0 Å². The molecule has 1 aromatic carbocycles. The smallest absolute Gasteiger partial charge is 0.330 e. The van der Waals surface area contributed by atoms with Crippen molar-refractivity contribution in [2.45, 2.75) is 0 Å². The molecule has 19 heavy (non-hydrogen) atoms. The van der Waals surface area contributed by atoms with Crippen molar-refractivity contribution in [1.82, 2.24) is 0 Å². The topological polar surface area (TPSA) is 72.8 Å². The molecule has 0 heterocycles. The predicted octanol–water partition coefficient (Wildman–Crippen LogP) is 1.89. The Morgan fingerprint density at radius 3 is 2.47 bits per heavy atom. The second-order valence-electron chi connectivity index (χ2n) is 3.46. The molecule has 0 bridgehead atoms. The summed E-state index contributed by atoms with van der Waals surface area (Å²) in [5, 5.41) is 8.48. The molecule has 0 saturated carbocycles. The zero-order chi connectivity index (χ0) is 14.1. The SMILES string of the molecule is C=CC(=O)OCCOc1ccc(/C=C/C(=O)O)cc1. The Morgan fingerprint density at radius 2 is 1.89 bits per heavy atom. The highest BCUT2D eigenvalue weighted by atomic mass is 16.6. The first-order chi connectivity index (χ1) is 9.11. The molecule has 5 nitrogen and oxygen atoms in total. The lowest BCUT2D eigenvalue weighted by molar-refractivity contribution is -0.138. The Bertz CT molecular complexity index is 473. The fourth-order valence-electron chi connectivity index (χ4n) is 1.20. The first-order valence-electron chi connectivity index (χ1n) is 5.55. The van der Waals surface area contributed by atoms with Gasteiger partial charge in [0.25, 0.3) is 0 Å². The number of carbonyl (C=O) groups is 2. The van der Waals surface area contributed by atoms with Gasteiger partial charge in [0, 0.05) is 12.2 Å². The molecule has 0 fully saturated rings. The quantitative estimate of drug-likeness (QED) is 0.461. The molecule has 5 heteroatoms. The van der Waals surface area contributed by atoms with Gasteiger partial charge in [0.05, 0.1) is 0 Å². The summed E-state index contributed by atoms with van der Waals surface area (Å²) in [5.74, 6) is -0.871. The van der Waals surface area contributed by atoms with Crippen LogP contribution < -0.4 is 4.74 Å². The lowest BCUT2D eigenvalue weighted by Crippen LogP contribution is -2.10. The number of carboxylic acid groups (broad SMARTS) is 1. The van der Waals surface area contributed by atoms with Crippen molar-refractivity contribution < 1.29 is 24.2 Å². The molecule has 0 aliphatic heterocycles. The highest BCUT2D eigenvalue weighted by Crippen LogP contribution is 2.13. The van der Waals surface area contributed by atoms with Crippen LogP contribution in [0.5, 0.6) is 5.75 Å². The van der Waals surface area contributed by atoms with Gasteiger partial charge in [-0.1, -0.05) is 18.7 Å². The maximum absolute atomic E-state index is 10.7. The van der Waals surface area contributed by atoms with Crippen LogP contribution in [-0.2, 0) is 14.3 Å². The Hall–Kier alpha value is -2.56. The molecule has 0 radical (unpaired) electrons.